The molecule has 1 nitrogen and oxygen atoms in total. The first-order valence-electron chi connectivity index (χ1n) is 3.20. The van der Waals surface area contributed by atoms with Crippen molar-refractivity contribution in [3.8, 4) is 0 Å². The van der Waals surface area contributed by atoms with Crippen LogP contribution in [0.5, 0.6) is 0 Å². The molecule has 1 radical (unpaired) electrons. The van der Waals surface area contributed by atoms with Crippen LogP contribution in [0.4, 0.5) is 0 Å². The van der Waals surface area contributed by atoms with Crippen LogP contribution in [-0.4, -0.2) is 12.3 Å². The molecule has 0 saturated heterocycles. The van der Waals surface area contributed by atoms with Gasteiger partial charge in [-0.25, -0.2) is 0 Å². The molecule has 0 aromatic heterocycles. The topological polar surface area (TPSA) is 26.0 Å². The van der Waals surface area contributed by atoms with Crippen LogP contribution >= 0.6 is 12.6 Å². The van der Waals surface area contributed by atoms with Crippen molar-refractivity contribution in [1.29, 1.82) is 0 Å². The minimum absolute atomic E-state index is 0.831. The molecule has 0 spiro atoms. The van der Waals surface area contributed by atoms with Gasteiger partial charge in [0.2, 0.25) is 0 Å². The fourth-order valence-corrected chi connectivity index (χ4v) is 0.804. The van der Waals surface area contributed by atoms with E-state index in [2.05, 4.69) is 0 Å². The third-order valence-corrected chi connectivity index (χ3v) is 1.39. The number of rotatable bonds is 5. The maximum absolute atomic E-state index is 5.28. The Bertz CT molecular complexity index is 33.5. The second-order valence-electron chi connectivity index (χ2n) is 1.91. The fraction of sp³-hybridized carbons (Fsp3) is 1.00. The molecule has 0 heterocycles. The van der Waals surface area contributed by atoms with E-state index in [9.17, 15) is 0 Å². The van der Waals surface area contributed by atoms with Gasteiger partial charge in [-0.15, -0.1) is 0 Å². The zero-order valence-electron chi connectivity index (χ0n) is 5.23. The first-order chi connectivity index (χ1) is 3.91. The van der Waals surface area contributed by atoms with Crippen LogP contribution in [0.2, 0.25) is 0 Å². The summed E-state index contributed by atoms with van der Waals surface area (Å²) in [6.07, 6.45) is 4.87. The molecule has 0 unspecified atom stereocenters. The Morgan fingerprint density at radius 2 is 1.62 bits per heavy atom. The normalized spacial score (nSPS) is 9.75. The molecular weight excluding hydrogens is 118 g/mol. The first kappa shape index (κ1) is 8.31. The van der Waals surface area contributed by atoms with Crippen LogP contribution in [0.3, 0.4) is 0 Å². The van der Waals surface area contributed by atoms with Crippen molar-refractivity contribution < 1.29 is 0 Å². The van der Waals surface area contributed by atoms with E-state index in [1.807, 2.05) is 0 Å². The van der Waals surface area contributed by atoms with Gasteiger partial charge in [-0.1, -0.05) is 25.5 Å². The van der Waals surface area contributed by atoms with Gasteiger partial charge in [-0.05, 0) is 19.4 Å². The molecular formula is C6H14NS. The van der Waals surface area contributed by atoms with Crippen molar-refractivity contribution in [3.63, 3.8) is 0 Å². The fourth-order valence-electron chi connectivity index (χ4n) is 0.600. The quantitative estimate of drug-likeness (QED) is 0.566. The molecule has 0 amide bonds. The second kappa shape index (κ2) is 7.31. The van der Waals surface area contributed by atoms with Crippen molar-refractivity contribution in [1.82, 2.24) is 0 Å². The average molecular weight is 132 g/mol. The molecule has 0 fully saturated rings. The standard InChI is InChI=1S/C6H14NS/c7-5-3-1-2-4-6-8/h1-7H2. The third-order valence-electron chi connectivity index (χ3n) is 1.10. The Labute approximate surface area is 57.1 Å². The number of hydrogen-bond acceptors (Lipinski definition) is 1. The van der Waals surface area contributed by atoms with E-state index in [1.165, 1.54) is 19.3 Å². The molecule has 0 aromatic carbocycles. The van der Waals surface area contributed by atoms with Gasteiger partial charge < -0.3 is 5.73 Å². The molecule has 0 saturated carbocycles. The van der Waals surface area contributed by atoms with Crippen molar-refractivity contribution in [2.45, 2.75) is 25.7 Å². The SMILES string of the molecule is NCCCCCC[S]. The van der Waals surface area contributed by atoms with Crippen LogP contribution in [0.25, 0.3) is 0 Å². The third kappa shape index (κ3) is 6.31. The van der Waals surface area contributed by atoms with Crippen LogP contribution < -0.4 is 5.73 Å². The van der Waals surface area contributed by atoms with Gasteiger partial charge in [0.15, 0.2) is 0 Å². The van der Waals surface area contributed by atoms with Gasteiger partial charge >= 0.3 is 0 Å². The zero-order chi connectivity index (χ0) is 6.24. The average Bonchev–Trinajstić information content (AvgIpc) is 1.81. The van der Waals surface area contributed by atoms with Gasteiger partial charge in [-0.2, -0.15) is 0 Å². The molecule has 8 heavy (non-hydrogen) atoms. The lowest BCUT2D eigenvalue weighted by Gasteiger charge is -1.93. The molecule has 2 N–H and O–H groups in total. The van der Waals surface area contributed by atoms with Crippen molar-refractivity contribution >= 4 is 12.6 Å². The highest BCUT2D eigenvalue weighted by molar-refractivity contribution is 7.80. The second-order valence-corrected chi connectivity index (χ2v) is 2.32. The van der Waals surface area contributed by atoms with Crippen LogP contribution in [-0.2, 0) is 0 Å². The minimum Gasteiger partial charge on any atom is -0.330 e. The van der Waals surface area contributed by atoms with E-state index in [0.29, 0.717) is 0 Å². The smallest absolute Gasteiger partial charge is 0.00369 e. The Balaban J connectivity index is 2.53. The van der Waals surface area contributed by atoms with Gasteiger partial charge in [0, 0.05) is 5.75 Å². The van der Waals surface area contributed by atoms with E-state index < -0.39 is 0 Å². The molecule has 0 rings (SSSR count). The molecule has 0 aliphatic heterocycles. The lowest BCUT2D eigenvalue weighted by Crippen LogP contribution is -1.97. The Hall–Kier alpha value is 0.310. The van der Waals surface area contributed by atoms with E-state index in [0.717, 1.165) is 18.7 Å². The molecule has 0 bridgehead atoms. The van der Waals surface area contributed by atoms with Gasteiger partial charge in [0.05, 0.1) is 0 Å². The first-order valence-corrected chi connectivity index (χ1v) is 3.77. The van der Waals surface area contributed by atoms with Crippen LogP contribution in [0.1, 0.15) is 25.7 Å². The molecule has 0 atom stereocenters. The van der Waals surface area contributed by atoms with Gasteiger partial charge in [0.25, 0.3) is 0 Å². The van der Waals surface area contributed by atoms with Crippen molar-refractivity contribution in [2.24, 2.45) is 5.73 Å². The number of hydrogen-bond donors (Lipinski definition) is 1. The van der Waals surface area contributed by atoms with Gasteiger partial charge in [0.1, 0.15) is 0 Å². The summed E-state index contributed by atoms with van der Waals surface area (Å²) in [5.74, 6) is 0.907. The molecule has 0 aliphatic rings. The van der Waals surface area contributed by atoms with E-state index in [-0.39, 0.29) is 0 Å². The highest BCUT2D eigenvalue weighted by atomic mass is 32.1. The molecule has 49 valence electrons. The Kier molecular flexibility index (Phi) is 7.59. The zero-order valence-corrected chi connectivity index (χ0v) is 6.04. The largest absolute Gasteiger partial charge is 0.330 e. The lowest BCUT2D eigenvalue weighted by molar-refractivity contribution is 0.678. The van der Waals surface area contributed by atoms with Crippen molar-refractivity contribution in [3.05, 3.63) is 0 Å². The van der Waals surface area contributed by atoms with Crippen LogP contribution in [0.15, 0.2) is 0 Å². The predicted molar refractivity (Wildman–Crippen MR) is 40.0 cm³/mol. The summed E-state index contributed by atoms with van der Waals surface area (Å²) in [6, 6.07) is 0. The van der Waals surface area contributed by atoms with Gasteiger partial charge in [-0.3, -0.25) is 0 Å². The van der Waals surface area contributed by atoms with Crippen molar-refractivity contribution in [2.75, 3.05) is 12.3 Å². The van der Waals surface area contributed by atoms with E-state index in [4.69, 9.17) is 18.4 Å². The maximum atomic E-state index is 5.28. The lowest BCUT2D eigenvalue weighted by atomic mass is 10.2. The summed E-state index contributed by atoms with van der Waals surface area (Å²) in [7, 11) is 0. The van der Waals surface area contributed by atoms with Crippen LogP contribution in [0, 0.1) is 0 Å². The highest BCUT2D eigenvalue weighted by Crippen LogP contribution is 1.98. The number of unbranched alkanes of at least 4 members (excludes halogenated alkanes) is 3. The summed E-state index contributed by atoms with van der Waals surface area (Å²) in [6.45, 7) is 0.831. The Morgan fingerprint density at radius 1 is 1.00 bits per heavy atom. The molecule has 0 aliphatic carbocycles. The highest BCUT2D eigenvalue weighted by Gasteiger charge is 1.84. The summed E-state index contributed by atoms with van der Waals surface area (Å²) in [4.78, 5) is 0. The number of nitrogens with two attached hydrogens (primary N) is 1. The predicted octanol–water partition coefficient (Wildman–Crippen LogP) is 1.70. The summed E-state index contributed by atoms with van der Waals surface area (Å²) >= 11 is 4.77. The van der Waals surface area contributed by atoms with E-state index >= 15 is 0 Å². The van der Waals surface area contributed by atoms with E-state index in [1.54, 1.807) is 0 Å². The molecule has 0 aromatic rings. The summed E-state index contributed by atoms with van der Waals surface area (Å²) in [5, 5.41) is 0. The maximum Gasteiger partial charge on any atom is 0.00369 e. The Morgan fingerprint density at radius 3 is 2.12 bits per heavy atom. The monoisotopic (exact) mass is 132 g/mol. The molecule has 2 heteroatoms. The summed E-state index contributed by atoms with van der Waals surface area (Å²) < 4.78 is 0. The summed E-state index contributed by atoms with van der Waals surface area (Å²) in [5.41, 5.74) is 5.28. The minimum atomic E-state index is 0.831.